The van der Waals surface area contributed by atoms with Crippen LogP contribution in [0.3, 0.4) is 0 Å². The molecule has 0 spiro atoms. The van der Waals surface area contributed by atoms with Crippen molar-refractivity contribution >= 4 is 11.3 Å². The Kier molecular flexibility index (Phi) is 4.70. The Labute approximate surface area is 110 Å². The Morgan fingerprint density at radius 3 is 2.78 bits per heavy atom. The highest BCUT2D eigenvalue weighted by molar-refractivity contribution is 7.07. The fourth-order valence-corrected chi connectivity index (χ4v) is 2.04. The van der Waals surface area contributed by atoms with Gasteiger partial charge in [-0.3, -0.25) is 0 Å². The molecule has 0 atom stereocenters. The second kappa shape index (κ2) is 6.74. The molecule has 0 aliphatic carbocycles. The number of thiazole rings is 1. The van der Waals surface area contributed by atoms with Gasteiger partial charge in [0.1, 0.15) is 11.8 Å². The molecule has 0 fully saturated rings. The zero-order chi connectivity index (χ0) is 12.6. The SMILES string of the molecule is N#CCOc1ccc(CNCc2cscn2)cc1. The molecule has 0 bridgehead atoms. The monoisotopic (exact) mass is 259 g/mol. The van der Waals surface area contributed by atoms with Gasteiger partial charge in [-0.25, -0.2) is 4.98 Å². The molecular formula is C13H13N3OS. The number of aromatic nitrogens is 1. The Morgan fingerprint density at radius 2 is 2.11 bits per heavy atom. The molecule has 0 unspecified atom stereocenters. The van der Waals surface area contributed by atoms with Crippen molar-refractivity contribution in [3.05, 3.63) is 46.4 Å². The van der Waals surface area contributed by atoms with Crippen molar-refractivity contribution in [3.63, 3.8) is 0 Å². The molecule has 2 aromatic rings. The van der Waals surface area contributed by atoms with Crippen molar-refractivity contribution in [2.45, 2.75) is 13.1 Å². The molecule has 4 nitrogen and oxygen atoms in total. The zero-order valence-corrected chi connectivity index (χ0v) is 10.6. The van der Waals surface area contributed by atoms with E-state index in [2.05, 4.69) is 10.3 Å². The van der Waals surface area contributed by atoms with Gasteiger partial charge in [0.2, 0.25) is 0 Å². The Morgan fingerprint density at radius 1 is 1.28 bits per heavy atom. The van der Waals surface area contributed by atoms with Gasteiger partial charge >= 0.3 is 0 Å². The fraction of sp³-hybridized carbons (Fsp3) is 0.231. The minimum atomic E-state index is 0.0847. The van der Waals surface area contributed by atoms with Crippen LogP contribution in [0.25, 0.3) is 0 Å². The van der Waals surface area contributed by atoms with Crippen molar-refractivity contribution in [1.29, 1.82) is 5.26 Å². The first-order valence-corrected chi connectivity index (χ1v) is 6.49. The van der Waals surface area contributed by atoms with Gasteiger partial charge in [0.05, 0.1) is 11.2 Å². The normalized spacial score (nSPS) is 9.94. The predicted octanol–water partition coefficient (Wildman–Crippen LogP) is 2.34. The van der Waals surface area contributed by atoms with Crippen molar-refractivity contribution < 1.29 is 4.74 Å². The van der Waals surface area contributed by atoms with E-state index in [-0.39, 0.29) is 6.61 Å². The van der Waals surface area contributed by atoms with Crippen molar-refractivity contribution in [2.75, 3.05) is 6.61 Å². The first-order valence-electron chi connectivity index (χ1n) is 5.55. The smallest absolute Gasteiger partial charge is 0.174 e. The van der Waals surface area contributed by atoms with Crippen LogP contribution in [0.1, 0.15) is 11.3 Å². The lowest BCUT2D eigenvalue weighted by Crippen LogP contribution is -2.12. The first-order chi connectivity index (χ1) is 8.88. The molecule has 1 N–H and O–H groups in total. The molecule has 0 aliphatic rings. The minimum Gasteiger partial charge on any atom is -0.479 e. The van der Waals surface area contributed by atoms with E-state index in [0.29, 0.717) is 0 Å². The quantitative estimate of drug-likeness (QED) is 0.865. The number of nitrogens with zero attached hydrogens (tertiary/aromatic N) is 2. The summed E-state index contributed by atoms with van der Waals surface area (Å²) in [6.07, 6.45) is 0. The molecule has 1 aromatic carbocycles. The van der Waals surface area contributed by atoms with Crippen LogP contribution in [-0.2, 0) is 13.1 Å². The first kappa shape index (κ1) is 12.6. The van der Waals surface area contributed by atoms with Crippen LogP contribution in [0.5, 0.6) is 5.75 Å². The standard InChI is InChI=1S/C13H13N3OS/c14-5-6-17-13-3-1-11(2-4-13)7-15-8-12-9-18-10-16-12/h1-4,9-10,15H,6-8H2. The van der Waals surface area contributed by atoms with Crippen molar-refractivity contribution in [1.82, 2.24) is 10.3 Å². The highest BCUT2D eigenvalue weighted by atomic mass is 32.1. The molecule has 5 heteroatoms. The average Bonchev–Trinajstić information content (AvgIpc) is 2.91. The van der Waals surface area contributed by atoms with Crippen LogP contribution in [0.2, 0.25) is 0 Å². The molecule has 0 amide bonds. The Bertz CT molecular complexity index is 502. The molecule has 0 saturated heterocycles. The minimum absolute atomic E-state index is 0.0847. The number of benzene rings is 1. The van der Waals surface area contributed by atoms with Gasteiger partial charge in [0.15, 0.2) is 6.61 Å². The van der Waals surface area contributed by atoms with Crippen LogP contribution in [0.15, 0.2) is 35.2 Å². The maximum absolute atomic E-state index is 8.40. The molecule has 1 aromatic heterocycles. The van der Waals surface area contributed by atoms with Crippen molar-refractivity contribution in [2.24, 2.45) is 0 Å². The Balaban J connectivity index is 1.78. The van der Waals surface area contributed by atoms with Gasteiger partial charge < -0.3 is 10.1 Å². The van der Waals surface area contributed by atoms with Crippen LogP contribution in [-0.4, -0.2) is 11.6 Å². The van der Waals surface area contributed by atoms with Crippen LogP contribution < -0.4 is 10.1 Å². The maximum Gasteiger partial charge on any atom is 0.174 e. The molecule has 2 rings (SSSR count). The number of hydrogen-bond donors (Lipinski definition) is 1. The molecule has 18 heavy (non-hydrogen) atoms. The van der Waals surface area contributed by atoms with E-state index in [1.165, 1.54) is 5.56 Å². The summed E-state index contributed by atoms with van der Waals surface area (Å²) >= 11 is 1.60. The van der Waals surface area contributed by atoms with E-state index in [4.69, 9.17) is 10.00 Å². The molecular weight excluding hydrogens is 246 g/mol. The summed E-state index contributed by atoms with van der Waals surface area (Å²) in [5, 5.41) is 13.7. The molecule has 92 valence electrons. The van der Waals surface area contributed by atoms with E-state index in [9.17, 15) is 0 Å². The summed E-state index contributed by atoms with van der Waals surface area (Å²) in [5.41, 5.74) is 4.07. The number of ether oxygens (including phenoxy) is 1. The lowest BCUT2D eigenvalue weighted by Gasteiger charge is -2.05. The second-order valence-electron chi connectivity index (χ2n) is 3.67. The van der Waals surface area contributed by atoms with E-state index in [1.54, 1.807) is 11.3 Å². The summed E-state index contributed by atoms with van der Waals surface area (Å²) in [4.78, 5) is 4.20. The maximum atomic E-state index is 8.40. The van der Waals surface area contributed by atoms with E-state index >= 15 is 0 Å². The van der Waals surface area contributed by atoms with Crippen molar-refractivity contribution in [3.8, 4) is 11.8 Å². The summed E-state index contributed by atoms with van der Waals surface area (Å²) in [6.45, 7) is 1.65. The summed E-state index contributed by atoms with van der Waals surface area (Å²) in [6, 6.07) is 9.66. The molecule has 1 heterocycles. The van der Waals surface area contributed by atoms with Crippen LogP contribution in [0, 0.1) is 11.3 Å². The predicted molar refractivity (Wildman–Crippen MR) is 70.2 cm³/mol. The summed E-state index contributed by atoms with van der Waals surface area (Å²) in [7, 11) is 0. The lowest BCUT2D eigenvalue weighted by molar-refractivity contribution is 0.368. The van der Waals surface area contributed by atoms with Crippen LogP contribution in [0.4, 0.5) is 0 Å². The number of nitriles is 1. The topological polar surface area (TPSA) is 57.9 Å². The van der Waals surface area contributed by atoms with Gasteiger partial charge in [0, 0.05) is 18.5 Å². The largest absolute Gasteiger partial charge is 0.479 e. The molecule has 0 radical (unpaired) electrons. The third-order valence-electron chi connectivity index (χ3n) is 2.35. The van der Waals surface area contributed by atoms with E-state index in [1.807, 2.05) is 41.2 Å². The van der Waals surface area contributed by atoms with Gasteiger partial charge in [-0.1, -0.05) is 12.1 Å². The lowest BCUT2D eigenvalue weighted by atomic mass is 10.2. The molecule has 0 saturated carbocycles. The Hall–Kier alpha value is -1.90. The third-order valence-corrected chi connectivity index (χ3v) is 2.98. The third kappa shape index (κ3) is 3.84. The fourth-order valence-electron chi connectivity index (χ4n) is 1.48. The number of hydrogen-bond acceptors (Lipinski definition) is 5. The van der Waals surface area contributed by atoms with E-state index < -0.39 is 0 Å². The molecule has 0 aliphatic heterocycles. The number of nitrogens with one attached hydrogen (secondary N) is 1. The average molecular weight is 259 g/mol. The zero-order valence-electron chi connectivity index (χ0n) is 9.80. The van der Waals surface area contributed by atoms with Gasteiger partial charge in [-0.05, 0) is 17.7 Å². The van der Waals surface area contributed by atoms with Crippen LogP contribution >= 0.6 is 11.3 Å². The summed E-state index contributed by atoms with van der Waals surface area (Å²) < 4.78 is 5.18. The van der Waals surface area contributed by atoms with Gasteiger partial charge in [0.25, 0.3) is 0 Å². The second-order valence-corrected chi connectivity index (χ2v) is 4.39. The highest BCUT2D eigenvalue weighted by Crippen LogP contribution is 2.12. The van der Waals surface area contributed by atoms with Gasteiger partial charge in [-0.2, -0.15) is 5.26 Å². The van der Waals surface area contributed by atoms with E-state index in [0.717, 1.165) is 24.5 Å². The number of rotatable bonds is 6. The summed E-state index contributed by atoms with van der Waals surface area (Å²) in [5.74, 6) is 0.722. The highest BCUT2D eigenvalue weighted by Gasteiger charge is 1.97. The van der Waals surface area contributed by atoms with Gasteiger partial charge in [-0.15, -0.1) is 11.3 Å².